The van der Waals surface area contributed by atoms with E-state index in [-0.39, 0.29) is 24.3 Å². The molecule has 1 aromatic carbocycles. The van der Waals surface area contributed by atoms with Gasteiger partial charge in [0, 0.05) is 43.5 Å². The predicted molar refractivity (Wildman–Crippen MR) is 149 cm³/mol. The summed E-state index contributed by atoms with van der Waals surface area (Å²) in [7, 11) is 0. The van der Waals surface area contributed by atoms with Crippen molar-refractivity contribution in [2.45, 2.75) is 84.1 Å². The van der Waals surface area contributed by atoms with E-state index in [1.54, 1.807) is 11.3 Å². The Morgan fingerprint density at radius 3 is 2.42 bits per heavy atom. The topological polar surface area (TPSA) is 102 Å². The van der Waals surface area contributed by atoms with Gasteiger partial charge in [-0.25, -0.2) is 14.6 Å². The van der Waals surface area contributed by atoms with Crippen molar-refractivity contribution in [3.05, 3.63) is 35.0 Å². The lowest BCUT2D eigenvalue weighted by Gasteiger charge is -2.28. The van der Waals surface area contributed by atoms with E-state index in [0.717, 1.165) is 79.5 Å². The number of carbonyl (C=O) groups excluding carboxylic acids is 2. The summed E-state index contributed by atoms with van der Waals surface area (Å²) in [6.45, 7) is 11.3. The minimum Gasteiger partial charge on any atom is -0.447 e. The number of amides is 2. The van der Waals surface area contributed by atoms with Gasteiger partial charge < -0.3 is 19.5 Å². The number of benzene rings is 1. The molecule has 2 aliphatic rings. The van der Waals surface area contributed by atoms with E-state index in [1.807, 2.05) is 46.0 Å². The molecule has 9 nitrogen and oxygen atoms in total. The summed E-state index contributed by atoms with van der Waals surface area (Å²) in [4.78, 5) is 32.5. The van der Waals surface area contributed by atoms with Crippen molar-refractivity contribution in [3.8, 4) is 10.4 Å². The molecule has 1 aliphatic heterocycles. The second kappa shape index (κ2) is 13.4. The normalized spacial score (nSPS) is 20.4. The summed E-state index contributed by atoms with van der Waals surface area (Å²) in [5, 5.41) is 7.00. The van der Waals surface area contributed by atoms with E-state index in [2.05, 4.69) is 21.6 Å². The molecule has 10 heteroatoms. The van der Waals surface area contributed by atoms with Crippen LogP contribution in [-0.4, -0.2) is 66.6 Å². The highest BCUT2D eigenvalue weighted by molar-refractivity contribution is 7.15. The maximum absolute atomic E-state index is 12.2. The van der Waals surface area contributed by atoms with Crippen LogP contribution < -0.4 is 10.6 Å². The molecule has 2 aromatic rings. The van der Waals surface area contributed by atoms with E-state index >= 15 is 0 Å². The number of anilines is 1. The highest BCUT2D eigenvalue weighted by atomic mass is 32.1. The van der Waals surface area contributed by atoms with Crippen LogP contribution >= 0.6 is 11.3 Å². The van der Waals surface area contributed by atoms with E-state index in [1.165, 1.54) is 0 Å². The van der Waals surface area contributed by atoms with Crippen molar-refractivity contribution < 1.29 is 23.8 Å². The summed E-state index contributed by atoms with van der Waals surface area (Å²) in [5.74, 6) is 0.391. The third-order valence-corrected chi connectivity index (χ3v) is 7.92. The van der Waals surface area contributed by atoms with Gasteiger partial charge in [0.1, 0.15) is 0 Å². The third kappa shape index (κ3) is 8.15. The molecule has 38 heavy (non-hydrogen) atoms. The number of thiazole rings is 1. The summed E-state index contributed by atoms with van der Waals surface area (Å²) in [5.41, 5.74) is 2.99. The largest absolute Gasteiger partial charge is 0.447 e. The van der Waals surface area contributed by atoms with Gasteiger partial charge in [-0.2, -0.15) is 0 Å². The number of hydrogen-bond acceptors (Lipinski definition) is 8. The number of nitrogens with zero attached hydrogens (tertiary/aromatic N) is 2. The molecule has 0 radical (unpaired) electrons. The predicted octanol–water partition coefficient (Wildman–Crippen LogP) is 5.76. The van der Waals surface area contributed by atoms with Crippen molar-refractivity contribution in [1.82, 2.24) is 15.2 Å². The molecule has 2 fully saturated rings. The van der Waals surface area contributed by atoms with Gasteiger partial charge >= 0.3 is 12.2 Å². The summed E-state index contributed by atoms with van der Waals surface area (Å²) in [6, 6.07) is 6.18. The number of nitrogens with one attached hydrogen (secondary N) is 2. The van der Waals surface area contributed by atoms with Crippen LogP contribution in [0, 0.1) is 0 Å². The first-order valence-electron chi connectivity index (χ1n) is 13.6. The van der Waals surface area contributed by atoms with Crippen molar-refractivity contribution in [2.75, 3.05) is 31.6 Å². The zero-order chi connectivity index (χ0) is 27.1. The fraction of sp³-hybridized carbons (Fsp3) is 0.607. The van der Waals surface area contributed by atoms with Crippen LogP contribution in [0.15, 0.2) is 24.4 Å². The molecule has 0 spiro atoms. The molecule has 208 valence electrons. The van der Waals surface area contributed by atoms with E-state index in [0.29, 0.717) is 11.6 Å². The number of carbonyl (C=O) groups is 2. The Balaban J connectivity index is 1.45. The number of alkyl carbamates (subject to hydrolysis) is 1. The first kappa shape index (κ1) is 28.3. The lowest BCUT2D eigenvalue weighted by atomic mass is 9.86. The number of morpholine rings is 1. The maximum Gasteiger partial charge on any atom is 0.411 e. The molecule has 0 bridgehead atoms. The van der Waals surface area contributed by atoms with Crippen molar-refractivity contribution in [2.24, 2.45) is 0 Å². The van der Waals surface area contributed by atoms with E-state index < -0.39 is 6.09 Å². The lowest BCUT2D eigenvalue weighted by molar-refractivity contribution is 0.0342. The minimum absolute atomic E-state index is 0.119. The van der Waals surface area contributed by atoms with Crippen LogP contribution in [0.1, 0.15) is 69.9 Å². The van der Waals surface area contributed by atoms with Crippen LogP contribution in [0.25, 0.3) is 10.4 Å². The quantitative estimate of drug-likeness (QED) is 0.436. The van der Waals surface area contributed by atoms with Gasteiger partial charge in [-0.3, -0.25) is 10.2 Å². The molecule has 2 N–H and O–H groups in total. The molecule has 2 amide bonds. The van der Waals surface area contributed by atoms with Gasteiger partial charge in [0.2, 0.25) is 0 Å². The van der Waals surface area contributed by atoms with Crippen LogP contribution in [0.3, 0.4) is 0 Å². The number of rotatable bonds is 8. The Morgan fingerprint density at radius 2 is 1.74 bits per heavy atom. The second-order valence-electron chi connectivity index (χ2n) is 10.5. The third-order valence-electron chi connectivity index (χ3n) is 6.72. The summed E-state index contributed by atoms with van der Waals surface area (Å²) >= 11 is 1.74. The van der Waals surface area contributed by atoms with Gasteiger partial charge in [0.25, 0.3) is 0 Å². The Kier molecular flexibility index (Phi) is 9.98. The van der Waals surface area contributed by atoms with Crippen molar-refractivity contribution in [1.29, 1.82) is 0 Å². The molecule has 2 heterocycles. The SMILES string of the molecule is CC(C)OC(=O)Nc1ccc(-c2cnc([C@H]3CC[C@H](NC(=O)OC(C)C)CC3)s2)c(CN2CCOCC2)c1. The molecule has 4 rings (SSSR count). The fourth-order valence-electron chi connectivity index (χ4n) is 4.90. The zero-order valence-corrected chi connectivity index (χ0v) is 23.6. The van der Waals surface area contributed by atoms with Crippen molar-refractivity contribution in [3.63, 3.8) is 0 Å². The monoisotopic (exact) mass is 544 g/mol. The first-order chi connectivity index (χ1) is 18.3. The van der Waals surface area contributed by atoms with Crippen LogP contribution in [0.4, 0.5) is 15.3 Å². The van der Waals surface area contributed by atoms with E-state index in [9.17, 15) is 9.59 Å². The van der Waals surface area contributed by atoms with Crippen LogP contribution in [0.5, 0.6) is 0 Å². The van der Waals surface area contributed by atoms with Gasteiger partial charge in [-0.15, -0.1) is 11.3 Å². The number of aromatic nitrogens is 1. The molecule has 1 saturated heterocycles. The molecule has 1 aromatic heterocycles. The van der Waals surface area contributed by atoms with Gasteiger partial charge in [-0.1, -0.05) is 6.07 Å². The average Bonchev–Trinajstić information content (AvgIpc) is 3.34. The molecule has 1 saturated carbocycles. The molecular formula is C28H40N4O5S. The molecule has 0 unspecified atom stereocenters. The Hall–Kier alpha value is -2.69. The smallest absolute Gasteiger partial charge is 0.411 e. The highest BCUT2D eigenvalue weighted by Gasteiger charge is 2.26. The van der Waals surface area contributed by atoms with Gasteiger partial charge in [0.05, 0.1) is 35.3 Å². The van der Waals surface area contributed by atoms with E-state index in [4.69, 9.17) is 19.2 Å². The molecular weight excluding hydrogens is 504 g/mol. The lowest BCUT2D eigenvalue weighted by Crippen LogP contribution is -2.38. The minimum atomic E-state index is -0.451. The second-order valence-corrected chi connectivity index (χ2v) is 11.6. The van der Waals surface area contributed by atoms with Crippen molar-refractivity contribution >= 4 is 29.2 Å². The standard InChI is InChI=1S/C28H40N4O5S/c1-18(2)36-27(33)30-22-7-5-20(6-8-22)26-29-16-25(38-26)24-10-9-23(31-28(34)37-19(3)4)15-21(24)17-32-11-13-35-14-12-32/h9-10,15-16,18-20,22H,5-8,11-14,17H2,1-4H3,(H,30,33)(H,31,34)/t20-,22-. The highest BCUT2D eigenvalue weighted by Crippen LogP contribution is 2.39. The summed E-state index contributed by atoms with van der Waals surface area (Å²) < 4.78 is 16.0. The van der Waals surface area contributed by atoms with Gasteiger partial charge in [0.15, 0.2) is 0 Å². The number of ether oxygens (including phenoxy) is 3. The van der Waals surface area contributed by atoms with Gasteiger partial charge in [-0.05, 0) is 76.6 Å². The van der Waals surface area contributed by atoms with Crippen LogP contribution in [0.2, 0.25) is 0 Å². The Labute approximate surface area is 229 Å². The zero-order valence-electron chi connectivity index (χ0n) is 22.8. The average molecular weight is 545 g/mol. The summed E-state index contributed by atoms with van der Waals surface area (Å²) in [6.07, 6.45) is 4.70. The molecule has 0 atom stereocenters. The molecule has 1 aliphatic carbocycles. The number of hydrogen-bond donors (Lipinski definition) is 2. The Bertz CT molecular complexity index is 1070. The van der Waals surface area contributed by atoms with Crippen LogP contribution in [-0.2, 0) is 20.8 Å². The maximum atomic E-state index is 12.2. The Morgan fingerprint density at radius 1 is 1.05 bits per heavy atom. The fourth-order valence-corrected chi connectivity index (χ4v) is 6.05. The first-order valence-corrected chi connectivity index (χ1v) is 14.4.